The monoisotopic (exact) mass is 467 g/mol. The standard InChI is InChI=1S/C17H17BrCl2FNO2S/c1-12(3-2-10-18)22(17-9-6-14(20)11-16(17)21)25(23,24)15-7-4-13(19)5-8-15/h4-9,11-12H,2-3,10H2,1H3. The van der Waals surface area contributed by atoms with Crippen LogP contribution in [0.3, 0.4) is 0 Å². The molecular formula is C17H17BrCl2FNO2S. The summed E-state index contributed by atoms with van der Waals surface area (Å²) in [7, 11) is -3.96. The summed E-state index contributed by atoms with van der Waals surface area (Å²) in [5.41, 5.74) is -0.0265. The van der Waals surface area contributed by atoms with Crippen molar-refractivity contribution in [3.8, 4) is 0 Å². The van der Waals surface area contributed by atoms with Crippen LogP contribution in [0.1, 0.15) is 19.8 Å². The molecule has 0 spiro atoms. The van der Waals surface area contributed by atoms with E-state index in [1.54, 1.807) is 6.92 Å². The summed E-state index contributed by atoms with van der Waals surface area (Å²) >= 11 is 15.0. The molecule has 0 aliphatic heterocycles. The normalized spacial score (nSPS) is 12.8. The van der Waals surface area contributed by atoms with Crippen LogP contribution in [0.25, 0.3) is 0 Å². The molecule has 2 aromatic rings. The van der Waals surface area contributed by atoms with Gasteiger partial charge in [0.05, 0.1) is 10.6 Å². The minimum Gasteiger partial charge on any atom is -0.261 e. The average Bonchev–Trinajstić information content (AvgIpc) is 2.55. The summed E-state index contributed by atoms with van der Waals surface area (Å²) in [4.78, 5) is 0.0527. The first-order valence-electron chi connectivity index (χ1n) is 7.58. The fourth-order valence-electron chi connectivity index (χ4n) is 2.47. The topological polar surface area (TPSA) is 37.4 Å². The Morgan fingerprint density at radius 3 is 2.28 bits per heavy atom. The SMILES string of the molecule is CC(CCCBr)N(c1ccc(Cl)cc1F)S(=O)(=O)c1ccc(Cl)cc1. The summed E-state index contributed by atoms with van der Waals surface area (Å²) < 4.78 is 41.9. The minimum absolute atomic E-state index is 0.0265. The van der Waals surface area contributed by atoms with Crippen LogP contribution in [-0.2, 0) is 10.0 Å². The van der Waals surface area contributed by atoms with E-state index in [1.807, 2.05) is 0 Å². The highest BCUT2D eigenvalue weighted by Gasteiger charge is 2.31. The van der Waals surface area contributed by atoms with E-state index < -0.39 is 21.9 Å². The predicted octanol–water partition coefficient (Wildman–Crippen LogP) is 5.89. The van der Waals surface area contributed by atoms with Gasteiger partial charge in [0.1, 0.15) is 5.82 Å². The quantitative estimate of drug-likeness (QED) is 0.475. The zero-order valence-electron chi connectivity index (χ0n) is 13.4. The minimum atomic E-state index is -3.96. The molecule has 136 valence electrons. The molecule has 0 bridgehead atoms. The van der Waals surface area contributed by atoms with E-state index >= 15 is 0 Å². The van der Waals surface area contributed by atoms with E-state index in [0.29, 0.717) is 11.4 Å². The van der Waals surface area contributed by atoms with E-state index in [0.717, 1.165) is 22.1 Å². The van der Waals surface area contributed by atoms with E-state index in [4.69, 9.17) is 23.2 Å². The third-order valence-corrected chi connectivity index (χ3v) is 6.66. The molecule has 0 saturated carbocycles. The van der Waals surface area contributed by atoms with Crippen molar-refractivity contribution in [2.75, 3.05) is 9.64 Å². The summed E-state index contributed by atoms with van der Waals surface area (Å²) in [6.45, 7) is 1.75. The molecule has 0 amide bonds. The lowest BCUT2D eigenvalue weighted by Gasteiger charge is -2.31. The van der Waals surface area contributed by atoms with Gasteiger partial charge < -0.3 is 0 Å². The Balaban J connectivity index is 2.55. The first-order chi connectivity index (χ1) is 11.8. The lowest BCUT2D eigenvalue weighted by molar-refractivity contribution is 0.561. The van der Waals surface area contributed by atoms with Crippen molar-refractivity contribution in [1.82, 2.24) is 0 Å². The largest absolute Gasteiger partial charge is 0.264 e. The van der Waals surface area contributed by atoms with Gasteiger partial charge >= 0.3 is 0 Å². The van der Waals surface area contributed by atoms with Crippen LogP contribution in [0.2, 0.25) is 10.0 Å². The van der Waals surface area contributed by atoms with Crippen molar-refractivity contribution >= 4 is 54.8 Å². The fourth-order valence-corrected chi connectivity index (χ4v) is 4.78. The second-order valence-corrected chi connectivity index (χ2v) is 9.01. The summed E-state index contributed by atoms with van der Waals surface area (Å²) in [6.07, 6.45) is 1.32. The second kappa shape index (κ2) is 8.71. The Hall–Kier alpha value is -0.820. The highest BCUT2D eigenvalue weighted by atomic mass is 79.9. The van der Waals surface area contributed by atoms with E-state index in [9.17, 15) is 12.8 Å². The molecule has 0 aromatic heterocycles. The maximum atomic E-state index is 14.5. The van der Waals surface area contributed by atoms with Gasteiger partial charge in [-0.05, 0) is 62.2 Å². The maximum Gasteiger partial charge on any atom is 0.264 e. The van der Waals surface area contributed by atoms with Crippen molar-refractivity contribution in [2.24, 2.45) is 0 Å². The molecule has 8 heteroatoms. The van der Waals surface area contributed by atoms with Crippen molar-refractivity contribution < 1.29 is 12.8 Å². The number of hydrogen-bond acceptors (Lipinski definition) is 2. The average molecular weight is 469 g/mol. The molecular weight excluding hydrogens is 452 g/mol. The van der Waals surface area contributed by atoms with Crippen LogP contribution in [0.5, 0.6) is 0 Å². The molecule has 1 unspecified atom stereocenters. The van der Waals surface area contributed by atoms with Gasteiger partial charge in [0, 0.05) is 21.4 Å². The molecule has 1 atom stereocenters. The van der Waals surface area contributed by atoms with Crippen LogP contribution in [0.15, 0.2) is 47.4 Å². The van der Waals surface area contributed by atoms with Gasteiger partial charge in [-0.15, -0.1) is 0 Å². The highest BCUT2D eigenvalue weighted by Crippen LogP contribution is 2.31. The number of anilines is 1. The molecule has 25 heavy (non-hydrogen) atoms. The molecule has 0 aliphatic rings. The van der Waals surface area contributed by atoms with Gasteiger partial charge in [0.15, 0.2) is 0 Å². The number of benzene rings is 2. The molecule has 0 radical (unpaired) electrons. The third kappa shape index (κ3) is 4.88. The number of sulfonamides is 1. The lowest BCUT2D eigenvalue weighted by atomic mass is 10.2. The van der Waals surface area contributed by atoms with E-state index in [2.05, 4.69) is 15.9 Å². The van der Waals surface area contributed by atoms with Crippen LogP contribution >= 0.6 is 39.1 Å². The van der Waals surface area contributed by atoms with Gasteiger partial charge in [-0.25, -0.2) is 12.8 Å². The van der Waals surface area contributed by atoms with Crippen LogP contribution in [0, 0.1) is 5.82 Å². The summed E-state index contributed by atoms with van der Waals surface area (Å²) in [6, 6.07) is 9.34. The number of rotatable bonds is 7. The van der Waals surface area contributed by atoms with Gasteiger partial charge in [-0.2, -0.15) is 0 Å². The fraction of sp³-hybridized carbons (Fsp3) is 0.294. The molecule has 0 saturated heterocycles. The van der Waals surface area contributed by atoms with Crippen LogP contribution in [-0.4, -0.2) is 19.8 Å². The lowest BCUT2D eigenvalue weighted by Crippen LogP contribution is -2.39. The number of hydrogen-bond donors (Lipinski definition) is 0. The smallest absolute Gasteiger partial charge is 0.261 e. The van der Waals surface area contributed by atoms with Gasteiger partial charge in [-0.1, -0.05) is 39.1 Å². The Labute approximate surface area is 165 Å². The Morgan fingerprint density at radius 1 is 1.12 bits per heavy atom. The number of nitrogens with zero attached hydrogens (tertiary/aromatic N) is 1. The van der Waals surface area contributed by atoms with Crippen molar-refractivity contribution in [3.05, 3.63) is 58.3 Å². The molecule has 2 rings (SSSR count). The molecule has 0 aliphatic carbocycles. The first kappa shape index (κ1) is 20.5. The zero-order valence-corrected chi connectivity index (χ0v) is 17.3. The number of halogens is 4. The van der Waals surface area contributed by atoms with Crippen LogP contribution < -0.4 is 4.31 Å². The molecule has 0 fully saturated rings. The number of alkyl halides is 1. The predicted molar refractivity (Wildman–Crippen MR) is 105 cm³/mol. The Kier molecular flexibility index (Phi) is 7.14. The van der Waals surface area contributed by atoms with Crippen molar-refractivity contribution in [3.63, 3.8) is 0 Å². The van der Waals surface area contributed by atoms with Crippen molar-refractivity contribution in [1.29, 1.82) is 0 Å². The molecule has 0 N–H and O–H groups in total. The molecule has 0 heterocycles. The first-order valence-corrected chi connectivity index (χ1v) is 10.9. The summed E-state index contributed by atoms with van der Waals surface area (Å²) in [5.74, 6) is -0.685. The third-order valence-electron chi connectivity index (χ3n) is 3.67. The van der Waals surface area contributed by atoms with E-state index in [1.165, 1.54) is 36.4 Å². The zero-order chi connectivity index (χ0) is 18.6. The van der Waals surface area contributed by atoms with E-state index in [-0.39, 0.29) is 15.6 Å². The van der Waals surface area contributed by atoms with Gasteiger partial charge in [0.25, 0.3) is 10.0 Å². The van der Waals surface area contributed by atoms with Gasteiger partial charge in [0.2, 0.25) is 0 Å². The van der Waals surface area contributed by atoms with Gasteiger partial charge in [-0.3, -0.25) is 4.31 Å². The Morgan fingerprint density at radius 2 is 1.72 bits per heavy atom. The molecule has 2 aromatic carbocycles. The molecule has 3 nitrogen and oxygen atoms in total. The highest BCUT2D eigenvalue weighted by molar-refractivity contribution is 9.09. The van der Waals surface area contributed by atoms with Crippen molar-refractivity contribution in [2.45, 2.75) is 30.7 Å². The second-order valence-electron chi connectivity index (χ2n) is 5.53. The van der Waals surface area contributed by atoms with Crippen LogP contribution in [0.4, 0.5) is 10.1 Å². The Bertz CT molecular complexity index is 831. The summed E-state index contributed by atoms with van der Waals surface area (Å²) in [5, 5.41) is 1.36. The maximum absolute atomic E-state index is 14.5.